The molecule has 0 amide bonds. The molecular formula is C15H16N6O2S. The van der Waals surface area contributed by atoms with Crippen molar-refractivity contribution in [2.45, 2.75) is 36.2 Å². The Balaban J connectivity index is 2.08. The molecule has 0 aliphatic heterocycles. The number of aromatic nitrogens is 4. The van der Waals surface area contributed by atoms with Crippen LogP contribution in [0.1, 0.15) is 26.6 Å². The Labute approximate surface area is 142 Å². The minimum Gasteiger partial charge on any atom is -0.336 e. The molecule has 8 nitrogen and oxygen atoms in total. The third-order valence-electron chi connectivity index (χ3n) is 3.49. The van der Waals surface area contributed by atoms with Crippen LogP contribution in [0.2, 0.25) is 0 Å². The summed E-state index contributed by atoms with van der Waals surface area (Å²) in [6.45, 7) is 6.01. The van der Waals surface area contributed by atoms with Gasteiger partial charge in [0, 0.05) is 34.2 Å². The smallest absolute Gasteiger partial charge is 0.278 e. The number of nitrogen functional groups attached to an aromatic ring is 1. The van der Waals surface area contributed by atoms with Gasteiger partial charge in [-0.2, -0.15) is 0 Å². The predicted molar refractivity (Wildman–Crippen MR) is 91.4 cm³/mol. The maximum atomic E-state index is 11.2. The number of rotatable bonds is 3. The van der Waals surface area contributed by atoms with Crippen molar-refractivity contribution in [1.29, 1.82) is 0 Å². The zero-order valence-electron chi connectivity index (χ0n) is 13.4. The van der Waals surface area contributed by atoms with Crippen LogP contribution >= 0.6 is 11.8 Å². The van der Waals surface area contributed by atoms with Gasteiger partial charge in [0.15, 0.2) is 5.82 Å². The minimum atomic E-state index is -0.415. The fraction of sp³-hybridized carbons (Fsp3) is 0.267. The summed E-state index contributed by atoms with van der Waals surface area (Å²) in [5.74, 6) is 6.77. The molecule has 0 unspecified atom stereocenters. The SMILES string of the molecule is CC(C)(C)c1nnc(Sc2ccc([N+](=O)[O-])c3cnccc23)n1N. The van der Waals surface area contributed by atoms with E-state index in [-0.39, 0.29) is 11.1 Å². The topological polar surface area (TPSA) is 113 Å². The average Bonchev–Trinajstić information content (AvgIpc) is 2.88. The van der Waals surface area contributed by atoms with Crippen LogP contribution in [0.15, 0.2) is 40.6 Å². The molecular weight excluding hydrogens is 328 g/mol. The van der Waals surface area contributed by atoms with E-state index in [1.165, 1.54) is 28.7 Å². The van der Waals surface area contributed by atoms with Gasteiger partial charge in [-0.15, -0.1) is 10.2 Å². The summed E-state index contributed by atoms with van der Waals surface area (Å²) in [6.07, 6.45) is 3.09. The van der Waals surface area contributed by atoms with Crippen molar-refractivity contribution in [3.8, 4) is 0 Å². The molecule has 24 heavy (non-hydrogen) atoms. The van der Waals surface area contributed by atoms with Gasteiger partial charge in [-0.05, 0) is 23.9 Å². The number of non-ortho nitro benzene ring substituents is 1. The van der Waals surface area contributed by atoms with Crippen molar-refractivity contribution in [1.82, 2.24) is 19.9 Å². The van der Waals surface area contributed by atoms with Crippen LogP contribution in [-0.4, -0.2) is 24.8 Å². The van der Waals surface area contributed by atoms with E-state index in [2.05, 4.69) is 15.2 Å². The Hall–Kier alpha value is -2.68. The zero-order valence-corrected chi connectivity index (χ0v) is 14.2. The van der Waals surface area contributed by atoms with Crippen molar-refractivity contribution in [3.05, 3.63) is 46.5 Å². The Morgan fingerprint density at radius 3 is 2.58 bits per heavy atom. The van der Waals surface area contributed by atoms with Crippen LogP contribution < -0.4 is 5.84 Å². The first-order valence-corrected chi connectivity index (χ1v) is 8.00. The van der Waals surface area contributed by atoms with Gasteiger partial charge in [0.05, 0.1) is 10.3 Å². The molecule has 0 aliphatic carbocycles. The summed E-state index contributed by atoms with van der Waals surface area (Å²) in [7, 11) is 0. The maximum Gasteiger partial charge on any atom is 0.278 e. The molecule has 0 radical (unpaired) electrons. The van der Waals surface area contributed by atoms with Crippen LogP contribution in [0.3, 0.4) is 0 Å². The Morgan fingerprint density at radius 1 is 1.21 bits per heavy atom. The van der Waals surface area contributed by atoms with E-state index < -0.39 is 4.92 Å². The van der Waals surface area contributed by atoms with Crippen molar-refractivity contribution in [2.75, 3.05) is 5.84 Å². The lowest BCUT2D eigenvalue weighted by Gasteiger charge is -2.16. The molecule has 0 saturated carbocycles. The van der Waals surface area contributed by atoms with Gasteiger partial charge in [0.25, 0.3) is 5.69 Å². The second kappa shape index (κ2) is 5.75. The van der Waals surface area contributed by atoms with E-state index in [0.29, 0.717) is 16.4 Å². The van der Waals surface area contributed by atoms with Crippen molar-refractivity contribution < 1.29 is 4.92 Å². The number of nitrogens with two attached hydrogens (primary N) is 1. The summed E-state index contributed by atoms with van der Waals surface area (Å²) in [6, 6.07) is 4.90. The lowest BCUT2D eigenvalue weighted by atomic mass is 9.96. The Morgan fingerprint density at radius 2 is 1.96 bits per heavy atom. The second-order valence-electron chi connectivity index (χ2n) is 6.29. The first-order chi connectivity index (χ1) is 11.3. The molecule has 3 rings (SSSR count). The quantitative estimate of drug-likeness (QED) is 0.441. The molecule has 2 aromatic heterocycles. The minimum absolute atomic E-state index is 0.0204. The van der Waals surface area contributed by atoms with Crippen LogP contribution in [-0.2, 0) is 5.41 Å². The summed E-state index contributed by atoms with van der Waals surface area (Å²) in [5, 5.41) is 21.2. The maximum absolute atomic E-state index is 11.2. The lowest BCUT2D eigenvalue weighted by molar-refractivity contribution is -0.383. The normalized spacial score (nSPS) is 11.8. The first kappa shape index (κ1) is 16.2. The molecule has 2 heterocycles. The molecule has 0 atom stereocenters. The molecule has 2 N–H and O–H groups in total. The molecule has 124 valence electrons. The highest BCUT2D eigenvalue weighted by Gasteiger charge is 2.24. The zero-order chi connectivity index (χ0) is 17.5. The summed E-state index contributed by atoms with van der Waals surface area (Å²) in [5.41, 5.74) is -0.214. The number of nitrogens with zero attached hydrogens (tertiary/aromatic N) is 5. The van der Waals surface area contributed by atoms with Crippen LogP contribution in [0.5, 0.6) is 0 Å². The monoisotopic (exact) mass is 344 g/mol. The van der Waals surface area contributed by atoms with Gasteiger partial charge in [-0.1, -0.05) is 20.8 Å². The first-order valence-electron chi connectivity index (χ1n) is 7.19. The number of benzene rings is 1. The molecule has 0 fully saturated rings. The second-order valence-corrected chi connectivity index (χ2v) is 7.30. The number of pyridine rings is 1. The fourth-order valence-electron chi connectivity index (χ4n) is 2.35. The van der Waals surface area contributed by atoms with E-state index in [1.807, 2.05) is 20.8 Å². The van der Waals surface area contributed by atoms with Gasteiger partial charge in [-0.3, -0.25) is 15.1 Å². The predicted octanol–water partition coefficient (Wildman–Crippen LogP) is 2.90. The standard InChI is InChI=1S/C15H16N6O2S/c1-15(2,3)13-18-19-14(20(13)16)24-12-5-4-11(21(22)23)10-8-17-7-6-9(10)12/h4-8H,16H2,1-3H3. The van der Waals surface area contributed by atoms with E-state index in [1.54, 1.807) is 18.3 Å². The van der Waals surface area contributed by atoms with Crippen LogP contribution in [0.4, 0.5) is 5.69 Å². The number of nitro benzene ring substituents is 1. The average molecular weight is 344 g/mol. The van der Waals surface area contributed by atoms with Gasteiger partial charge >= 0.3 is 0 Å². The van der Waals surface area contributed by atoms with Crippen molar-refractivity contribution >= 4 is 28.2 Å². The molecule has 3 aromatic rings. The van der Waals surface area contributed by atoms with E-state index in [4.69, 9.17) is 5.84 Å². The third-order valence-corrected chi connectivity index (χ3v) is 4.53. The number of hydrogen-bond donors (Lipinski definition) is 1. The Kier molecular flexibility index (Phi) is 3.88. The van der Waals surface area contributed by atoms with E-state index >= 15 is 0 Å². The molecule has 0 aliphatic rings. The highest BCUT2D eigenvalue weighted by Crippen LogP contribution is 2.36. The van der Waals surface area contributed by atoms with Gasteiger partial charge in [0.1, 0.15) is 0 Å². The molecule has 9 heteroatoms. The van der Waals surface area contributed by atoms with E-state index in [0.717, 1.165) is 10.3 Å². The van der Waals surface area contributed by atoms with Crippen molar-refractivity contribution in [2.24, 2.45) is 0 Å². The van der Waals surface area contributed by atoms with Gasteiger partial charge in [0.2, 0.25) is 5.16 Å². The van der Waals surface area contributed by atoms with Crippen LogP contribution in [0.25, 0.3) is 10.8 Å². The Bertz CT molecular complexity index is 931. The summed E-state index contributed by atoms with van der Waals surface area (Å²) in [4.78, 5) is 15.6. The number of fused-ring (bicyclic) bond motifs is 1. The van der Waals surface area contributed by atoms with Gasteiger partial charge < -0.3 is 5.84 Å². The third kappa shape index (κ3) is 2.78. The van der Waals surface area contributed by atoms with Crippen molar-refractivity contribution in [3.63, 3.8) is 0 Å². The fourth-order valence-corrected chi connectivity index (χ4v) is 3.24. The summed E-state index contributed by atoms with van der Waals surface area (Å²) < 4.78 is 1.46. The molecule has 1 aromatic carbocycles. The molecule has 0 bridgehead atoms. The number of hydrogen-bond acceptors (Lipinski definition) is 7. The lowest BCUT2D eigenvalue weighted by Crippen LogP contribution is -2.24. The highest BCUT2D eigenvalue weighted by atomic mass is 32.2. The molecule has 0 saturated heterocycles. The number of nitro groups is 1. The summed E-state index contributed by atoms with van der Waals surface area (Å²) >= 11 is 1.32. The molecule has 0 spiro atoms. The highest BCUT2D eigenvalue weighted by molar-refractivity contribution is 7.99. The van der Waals surface area contributed by atoms with E-state index in [9.17, 15) is 10.1 Å². The largest absolute Gasteiger partial charge is 0.336 e. The van der Waals surface area contributed by atoms with Crippen LogP contribution in [0, 0.1) is 10.1 Å². The van der Waals surface area contributed by atoms with Gasteiger partial charge in [-0.25, -0.2) is 4.68 Å².